The Morgan fingerprint density at radius 3 is 2.53 bits per heavy atom. The van der Waals surface area contributed by atoms with E-state index in [9.17, 15) is 18.0 Å². The lowest BCUT2D eigenvalue weighted by Crippen LogP contribution is -2.38. The van der Waals surface area contributed by atoms with Gasteiger partial charge in [-0.1, -0.05) is 24.3 Å². The highest BCUT2D eigenvalue weighted by atomic mass is 19.4. The molecule has 1 amide bonds. The first-order chi connectivity index (χ1) is 14.1. The summed E-state index contributed by atoms with van der Waals surface area (Å²) in [5.41, 5.74) is 11.6. The molecule has 0 fully saturated rings. The zero-order valence-corrected chi connectivity index (χ0v) is 16.0. The minimum absolute atomic E-state index is 0.0279. The van der Waals surface area contributed by atoms with Crippen LogP contribution in [0.15, 0.2) is 42.5 Å². The number of fused-ring (bicyclic) bond motifs is 1. The number of hydrogen-bond donors (Lipinski definition) is 4. The van der Waals surface area contributed by atoms with Crippen LogP contribution < -0.4 is 16.2 Å². The number of ether oxygens (including phenoxy) is 1. The highest BCUT2D eigenvalue weighted by Crippen LogP contribution is 2.39. The maximum absolute atomic E-state index is 13.5. The monoisotopic (exact) mass is 419 g/mol. The summed E-state index contributed by atoms with van der Waals surface area (Å²) in [6.45, 7) is 0.452. The number of carbonyl (C=O) groups excluding carboxylic acids is 1. The van der Waals surface area contributed by atoms with Gasteiger partial charge in [-0.05, 0) is 29.3 Å². The first-order valence-electron chi connectivity index (χ1n) is 8.87. The van der Waals surface area contributed by atoms with Gasteiger partial charge in [-0.25, -0.2) is 0 Å². The molecule has 0 aliphatic heterocycles. The van der Waals surface area contributed by atoms with Gasteiger partial charge in [-0.15, -0.1) is 0 Å². The van der Waals surface area contributed by atoms with Crippen LogP contribution in [0.5, 0.6) is 5.75 Å². The lowest BCUT2D eigenvalue weighted by Gasteiger charge is -2.13. The number of carbonyl (C=O) groups is 1. The molecule has 7 nitrogen and oxygen atoms in total. The molecular formula is C20H20F3N5O2. The molecule has 0 saturated carbocycles. The molecule has 0 bridgehead atoms. The molecule has 1 aromatic heterocycles. The van der Waals surface area contributed by atoms with Crippen LogP contribution in [-0.2, 0) is 19.3 Å². The van der Waals surface area contributed by atoms with E-state index in [4.69, 9.17) is 21.6 Å². The number of aromatic nitrogens is 1. The highest BCUT2D eigenvalue weighted by molar-refractivity contribution is 6.06. The molecule has 0 atom stereocenters. The van der Waals surface area contributed by atoms with Crippen molar-refractivity contribution in [3.63, 3.8) is 0 Å². The van der Waals surface area contributed by atoms with Crippen molar-refractivity contribution >= 4 is 22.8 Å². The zero-order chi connectivity index (χ0) is 22.1. The van der Waals surface area contributed by atoms with Gasteiger partial charge >= 0.3 is 6.18 Å². The minimum atomic E-state index is -4.62. The Morgan fingerprint density at radius 2 is 1.90 bits per heavy atom. The normalized spacial score (nSPS) is 11.5. The molecule has 10 heteroatoms. The van der Waals surface area contributed by atoms with Crippen LogP contribution in [-0.4, -0.2) is 28.8 Å². The van der Waals surface area contributed by atoms with E-state index in [1.54, 1.807) is 0 Å². The summed E-state index contributed by atoms with van der Waals surface area (Å²) < 4.78 is 46.1. The molecule has 0 unspecified atom stereocenters. The van der Waals surface area contributed by atoms with E-state index < -0.39 is 23.6 Å². The lowest BCUT2D eigenvalue weighted by molar-refractivity contribution is -0.136. The molecule has 0 spiro atoms. The number of alkyl halides is 3. The van der Waals surface area contributed by atoms with E-state index in [0.717, 1.165) is 28.2 Å². The standard InChI is InChI=1S/C20H20F3N5O2/c1-28(19(25)26)18(29)15-8-13-14(20(21,22)23)5-6-16(17(13)27-15)30-10-12-4-2-3-11(7-12)9-24/h2-8,27H,9-10,24H2,1H3,(H3,25,26). The Kier molecular flexibility index (Phi) is 5.70. The number of guanidine groups is 1. The third-order valence-electron chi connectivity index (χ3n) is 4.58. The van der Waals surface area contributed by atoms with Crippen molar-refractivity contribution in [3.8, 4) is 5.75 Å². The van der Waals surface area contributed by atoms with Crippen molar-refractivity contribution in [1.29, 1.82) is 5.41 Å². The number of nitrogens with one attached hydrogen (secondary N) is 2. The average Bonchev–Trinajstić information content (AvgIpc) is 3.15. The van der Waals surface area contributed by atoms with E-state index in [-0.39, 0.29) is 29.0 Å². The largest absolute Gasteiger partial charge is 0.487 e. The van der Waals surface area contributed by atoms with E-state index >= 15 is 0 Å². The van der Waals surface area contributed by atoms with Gasteiger partial charge in [-0.3, -0.25) is 15.1 Å². The third-order valence-corrected chi connectivity index (χ3v) is 4.58. The number of benzene rings is 2. The number of H-pyrrole nitrogens is 1. The summed E-state index contributed by atoms with van der Waals surface area (Å²) in [7, 11) is 1.25. The summed E-state index contributed by atoms with van der Waals surface area (Å²) >= 11 is 0. The first kappa shape index (κ1) is 21.2. The van der Waals surface area contributed by atoms with Gasteiger partial charge in [0.2, 0.25) is 0 Å². The Bertz CT molecular complexity index is 1110. The van der Waals surface area contributed by atoms with Gasteiger partial charge in [0.05, 0.1) is 11.1 Å². The van der Waals surface area contributed by atoms with Crippen molar-refractivity contribution in [1.82, 2.24) is 9.88 Å². The second kappa shape index (κ2) is 8.07. The smallest absolute Gasteiger partial charge is 0.417 e. The fourth-order valence-corrected chi connectivity index (χ4v) is 2.97. The number of aromatic amines is 1. The van der Waals surface area contributed by atoms with Gasteiger partial charge in [0, 0.05) is 19.0 Å². The predicted octanol–water partition coefficient (Wildman–Crippen LogP) is 3.19. The summed E-state index contributed by atoms with van der Waals surface area (Å²) in [5, 5.41) is 7.14. The van der Waals surface area contributed by atoms with Crippen LogP contribution in [0.2, 0.25) is 0 Å². The summed E-state index contributed by atoms with van der Waals surface area (Å²) in [6.07, 6.45) is -4.62. The number of hydrogen-bond acceptors (Lipinski definition) is 4. The number of nitrogens with zero attached hydrogens (tertiary/aromatic N) is 1. The molecular weight excluding hydrogens is 399 g/mol. The second-order valence-electron chi connectivity index (χ2n) is 6.64. The summed E-state index contributed by atoms with van der Waals surface area (Å²) in [6, 6.07) is 10.5. The molecule has 6 N–H and O–H groups in total. The minimum Gasteiger partial charge on any atom is -0.487 e. The third kappa shape index (κ3) is 4.23. The number of rotatable bonds is 5. The maximum atomic E-state index is 13.5. The van der Waals surface area contributed by atoms with Crippen molar-refractivity contribution in [2.24, 2.45) is 11.5 Å². The number of halogens is 3. The van der Waals surface area contributed by atoms with Gasteiger partial charge in [0.15, 0.2) is 5.96 Å². The lowest BCUT2D eigenvalue weighted by atomic mass is 10.1. The topological polar surface area (TPSA) is 121 Å². The molecule has 3 aromatic rings. The molecule has 0 radical (unpaired) electrons. The fourth-order valence-electron chi connectivity index (χ4n) is 2.97. The van der Waals surface area contributed by atoms with Crippen molar-refractivity contribution in [2.75, 3.05) is 7.05 Å². The van der Waals surface area contributed by atoms with Crippen LogP contribution in [0.4, 0.5) is 13.2 Å². The molecule has 0 aliphatic carbocycles. The molecule has 2 aromatic carbocycles. The molecule has 158 valence electrons. The average molecular weight is 419 g/mol. The van der Waals surface area contributed by atoms with Crippen LogP contribution in [0.1, 0.15) is 27.2 Å². The Morgan fingerprint density at radius 1 is 1.20 bits per heavy atom. The summed E-state index contributed by atoms with van der Waals surface area (Å²) in [4.78, 5) is 15.9. The van der Waals surface area contributed by atoms with Gasteiger partial charge in [0.25, 0.3) is 5.91 Å². The van der Waals surface area contributed by atoms with Crippen LogP contribution >= 0.6 is 0 Å². The van der Waals surface area contributed by atoms with Crippen LogP contribution in [0.25, 0.3) is 10.9 Å². The quantitative estimate of drug-likeness (QED) is 0.375. The van der Waals surface area contributed by atoms with Gasteiger partial charge in [0.1, 0.15) is 18.1 Å². The highest BCUT2D eigenvalue weighted by Gasteiger charge is 2.34. The fraction of sp³-hybridized carbons (Fsp3) is 0.200. The predicted molar refractivity (Wildman–Crippen MR) is 106 cm³/mol. The Hall–Kier alpha value is -3.53. The molecule has 3 rings (SSSR count). The summed E-state index contributed by atoms with van der Waals surface area (Å²) in [5.74, 6) is -1.12. The van der Waals surface area contributed by atoms with Crippen molar-refractivity contribution in [3.05, 3.63) is 64.8 Å². The van der Waals surface area contributed by atoms with E-state index in [1.807, 2.05) is 24.3 Å². The molecule has 0 aliphatic rings. The molecule has 0 saturated heterocycles. The Balaban J connectivity index is 2.02. The van der Waals surface area contributed by atoms with Crippen molar-refractivity contribution in [2.45, 2.75) is 19.3 Å². The SMILES string of the molecule is CN(C(=N)N)C(=O)c1cc2c(C(F)(F)F)ccc(OCc3cccc(CN)c3)c2[nH]1. The van der Waals surface area contributed by atoms with E-state index in [0.29, 0.717) is 6.54 Å². The Labute approximate surface area is 169 Å². The van der Waals surface area contributed by atoms with Crippen molar-refractivity contribution < 1.29 is 22.7 Å². The number of nitrogens with two attached hydrogens (primary N) is 2. The van der Waals surface area contributed by atoms with E-state index in [1.165, 1.54) is 13.1 Å². The maximum Gasteiger partial charge on any atom is 0.417 e. The van der Waals surface area contributed by atoms with Crippen LogP contribution in [0.3, 0.4) is 0 Å². The van der Waals surface area contributed by atoms with Gasteiger partial charge in [-0.2, -0.15) is 13.2 Å². The molecule has 30 heavy (non-hydrogen) atoms. The van der Waals surface area contributed by atoms with Crippen LogP contribution in [0, 0.1) is 5.41 Å². The first-order valence-corrected chi connectivity index (χ1v) is 8.87. The molecule has 1 heterocycles. The zero-order valence-electron chi connectivity index (χ0n) is 16.0. The van der Waals surface area contributed by atoms with Gasteiger partial charge < -0.3 is 21.2 Å². The van der Waals surface area contributed by atoms with E-state index in [2.05, 4.69) is 4.98 Å². The second-order valence-corrected chi connectivity index (χ2v) is 6.64. The number of amides is 1.